The minimum absolute atomic E-state index is 0.750. The lowest BCUT2D eigenvalue weighted by Crippen LogP contribution is -2.46. The van der Waals surface area contributed by atoms with E-state index in [1.54, 1.807) is 7.11 Å². The fourth-order valence-electron chi connectivity index (χ4n) is 4.00. The topological polar surface area (TPSA) is 29.3 Å². The molecule has 2 aromatic rings. The van der Waals surface area contributed by atoms with Gasteiger partial charge >= 0.3 is 0 Å². The van der Waals surface area contributed by atoms with Crippen LogP contribution in [0.1, 0.15) is 77.8 Å². The van der Waals surface area contributed by atoms with Gasteiger partial charge in [-0.2, -0.15) is 4.58 Å². The molecule has 0 bridgehead atoms. The average Bonchev–Trinajstić information content (AvgIpc) is 2.90. The molecule has 1 heterocycles. The Morgan fingerprint density at radius 2 is 1.71 bits per heavy atom. The molecule has 0 atom stereocenters. The van der Waals surface area contributed by atoms with Gasteiger partial charge < -0.3 is 9.53 Å². The van der Waals surface area contributed by atoms with E-state index in [-0.39, 0.29) is 0 Å². The highest BCUT2D eigenvalue weighted by molar-refractivity contribution is 5.44. The lowest BCUT2D eigenvalue weighted by atomic mass is 10.0. The Hall–Kier alpha value is -3.46. The zero-order chi connectivity index (χ0) is 28.3. The van der Waals surface area contributed by atoms with E-state index < -0.39 is 0 Å². The highest BCUT2D eigenvalue weighted by atomic mass is 16.5. The lowest BCUT2D eigenvalue weighted by Gasteiger charge is -2.06. The largest absolute Gasteiger partial charge is 0.497 e. The van der Waals surface area contributed by atoms with Crippen LogP contribution in [0.2, 0.25) is 0 Å². The molecule has 0 radical (unpaired) electrons. The first-order chi connectivity index (χ1) is 18.3. The normalized spacial score (nSPS) is 11.6. The van der Waals surface area contributed by atoms with E-state index in [2.05, 4.69) is 101 Å². The van der Waals surface area contributed by atoms with Gasteiger partial charge in [-0.25, -0.2) is 0 Å². The Labute approximate surface area is 231 Å². The van der Waals surface area contributed by atoms with E-state index in [4.69, 9.17) is 9.53 Å². The minimum atomic E-state index is 0.750. The molecule has 0 spiro atoms. The molecule has 0 N–H and O–H groups in total. The smallest absolute Gasteiger partial charge is 0.218 e. The Morgan fingerprint density at radius 1 is 1.03 bits per heavy atom. The van der Waals surface area contributed by atoms with Crippen LogP contribution >= 0.6 is 0 Å². The molecule has 0 saturated heterocycles. The van der Waals surface area contributed by atoms with Gasteiger partial charge in [-0.05, 0) is 94.5 Å². The van der Waals surface area contributed by atoms with Crippen LogP contribution in [0, 0.1) is 6.92 Å². The number of hydrogen-bond acceptors (Lipinski definition) is 2. The molecule has 1 aliphatic rings. The van der Waals surface area contributed by atoms with Gasteiger partial charge in [0.25, 0.3) is 0 Å². The number of benzene rings is 2. The van der Waals surface area contributed by atoms with Crippen molar-refractivity contribution in [1.29, 1.82) is 0 Å². The zero-order valence-electron chi connectivity index (χ0n) is 24.7. The first-order valence-electron chi connectivity index (χ1n) is 13.7. The number of allylic oxidation sites excluding steroid dienone is 7. The van der Waals surface area contributed by atoms with Gasteiger partial charge in [0.1, 0.15) is 17.3 Å². The number of rotatable bonds is 11. The number of aryl methyl sites for hydroxylation is 1. The number of hydrogen-bond donors (Lipinski definition) is 0. The summed E-state index contributed by atoms with van der Waals surface area (Å²) in [7, 11) is 1.69. The summed E-state index contributed by atoms with van der Waals surface area (Å²) < 4.78 is 7.44. The summed E-state index contributed by atoms with van der Waals surface area (Å²) in [5, 5.41) is 2.65. The molecule has 0 saturated carbocycles. The molecule has 0 unspecified atom stereocenters. The second kappa shape index (κ2) is 18.7. The van der Waals surface area contributed by atoms with Crippen molar-refractivity contribution in [2.24, 2.45) is 0 Å². The second-order valence-corrected chi connectivity index (χ2v) is 9.59. The predicted octanol–water partition coefficient (Wildman–Crippen LogP) is 7.63. The number of methoxy groups -OCH3 is 1. The predicted molar refractivity (Wildman–Crippen MR) is 165 cm³/mol. The van der Waals surface area contributed by atoms with Crippen molar-refractivity contribution in [2.45, 2.75) is 80.2 Å². The Bertz CT molecular complexity index is 1220. The molecule has 2 aromatic carbocycles. The van der Waals surface area contributed by atoms with Crippen molar-refractivity contribution >= 4 is 12.5 Å². The molecule has 3 rings (SSSR count). The highest BCUT2D eigenvalue weighted by Gasteiger charge is 2.14. The summed E-state index contributed by atoms with van der Waals surface area (Å²) in [5.41, 5.74) is 6.64. The van der Waals surface area contributed by atoms with Crippen molar-refractivity contribution in [1.82, 2.24) is 4.58 Å². The standard InChI is InChI=1S/C17H28.C16H16NO.C2H4O/c1-6-9-10-11-13-16(8-3)14-17(12-7-2)15(4)5;1-12-3-8-16-14(9-12)11-17(16)10-13-4-6-15(18-2)7-5-13;1-2-3/h7-8,12,14H,3,6,9-11,13H2,1-2,4-5H3;3-9,11H,10H2,1-2H3;2H,1H3/q;+1;/b12-7-,16-14+;;. The molecule has 204 valence electrons. The molecule has 0 aromatic heterocycles. The average molecular weight is 515 g/mol. The molecule has 38 heavy (non-hydrogen) atoms. The van der Waals surface area contributed by atoms with Crippen LogP contribution in [0.4, 0.5) is 0 Å². The summed E-state index contributed by atoms with van der Waals surface area (Å²) in [6.45, 7) is 17.0. The fourth-order valence-corrected chi connectivity index (χ4v) is 4.00. The fraction of sp³-hybridized carbons (Fsp3) is 0.371. The Morgan fingerprint density at radius 3 is 2.24 bits per heavy atom. The van der Waals surface area contributed by atoms with Crippen LogP contribution in [0.3, 0.4) is 0 Å². The summed E-state index contributed by atoms with van der Waals surface area (Å²) in [5.74, 6) is 0.905. The molecule has 3 heteroatoms. The van der Waals surface area contributed by atoms with Gasteiger partial charge in [0.2, 0.25) is 5.36 Å². The van der Waals surface area contributed by atoms with E-state index in [9.17, 15) is 0 Å². The van der Waals surface area contributed by atoms with Gasteiger partial charge in [0.05, 0.1) is 7.11 Å². The van der Waals surface area contributed by atoms with Crippen LogP contribution < -0.4 is 19.9 Å². The minimum Gasteiger partial charge on any atom is -0.497 e. The summed E-state index contributed by atoms with van der Waals surface area (Å²) in [6, 6.07) is 14.8. The molecule has 0 aliphatic carbocycles. The van der Waals surface area contributed by atoms with Crippen molar-refractivity contribution in [2.75, 3.05) is 7.11 Å². The Balaban J connectivity index is 0.000000346. The number of nitrogens with zero attached hydrogens (tertiary/aromatic N) is 1. The summed E-state index contributed by atoms with van der Waals surface area (Å²) >= 11 is 0. The maximum absolute atomic E-state index is 8.81. The third-order valence-electron chi connectivity index (χ3n) is 6.15. The quantitative estimate of drug-likeness (QED) is 0.133. The number of unbranched alkanes of at least 4 members (excludes halogenated alkanes) is 3. The van der Waals surface area contributed by atoms with Gasteiger partial charge in [-0.15, -0.1) is 0 Å². The zero-order valence-corrected chi connectivity index (χ0v) is 24.7. The molecular weight excluding hydrogens is 466 g/mol. The second-order valence-electron chi connectivity index (χ2n) is 9.59. The van der Waals surface area contributed by atoms with Crippen molar-refractivity contribution in [3.8, 4) is 5.75 Å². The van der Waals surface area contributed by atoms with Gasteiger partial charge in [-0.3, -0.25) is 0 Å². The number of ether oxygens (including phenoxy) is 1. The van der Waals surface area contributed by atoms with Crippen molar-refractivity contribution in [3.05, 3.63) is 112 Å². The van der Waals surface area contributed by atoms with Gasteiger partial charge in [-0.1, -0.05) is 68.7 Å². The Kier molecular flexibility index (Phi) is 16.1. The van der Waals surface area contributed by atoms with Crippen LogP contribution in [0.5, 0.6) is 5.75 Å². The monoisotopic (exact) mass is 514 g/mol. The maximum atomic E-state index is 8.81. The molecule has 1 aliphatic heterocycles. The molecule has 3 nitrogen and oxygen atoms in total. The van der Waals surface area contributed by atoms with E-state index in [1.807, 2.05) is 18.2 Å². The number of carbonyl (C=O) groups excluding carboxylic acids is 1. The first kappa shape index (κ1) is 32.6. The third kappa shape index (κ3) is 11.7. The highest BCUT2D eigenvalue weighted by Crippen LogP contribution is 2.16. The number of fused-ring (bicyclic) bond motifs is 1. The SMILES string of the molecule is C=C/C(=C\C(/C=C\C)=C(C)C)CCCCCC.CC=O.COc1ccc(C[N+]2=c3ccc(C)cc3=C2)cc1. The van der Waals surface area contributed by atoms with E-state index in [1.165, 1.54) is 71.0 Å². The van der Waals surface area contributed by atoms with E-state index >= 15 is 0 Å². The van der Waals surface area contributed by atoms with Crippen molar-refractivity contribution in [3.63, 3.8) is 0 Å². The van der Waals surface area contributed by atoms with Gasteiger partial charge in [0, 0.05) is 11.6 Å². The van der Waals surface area contributed by atoms with E-state index in [0.29, 0.717) is 0 Å². The molecule has 0 amide bonds. The number of aldehydes is 1. The van der Waals surface area contributed by atoms with Crippen molar-refractivity contribution < 1.29 is 9.53 Å². The van der Waals surface area contributed by atoms with E-state index in [0.717, 1.165) is 25.0 Å². The first-order valence-corrected chi connectivity index (χ1v) is 13.7. The van der Waals surface area contributed by atoms with Crippen LogP contribution in [0.15, 0.2) is 90.1 Å². The summed E-state index contributed by atoms with van der Waals surface area (Å²) in [4.78, 5) is 8.81. The summed E-state index contributed by atoms with van der Waals surface area (Å²) in [6.07, 6.45) is 17.9. The van der Waals surface area contributed by atoms with Gasteiger partial charge in [0.15, 0.2) is 12.7 Å². The van der Waals surface area contributed by atoms with Crippen LogP contribution in [-0.4, -0.2) is 13.4 Å². The third-order valence-corrected chi connectivity index (χ3v) is 6.15. The van der Waals surface area contributed by atoms with Crippen LogP contribution in [-0.2, 0) is 11.3 Å². The molecule has 0 fully saturated rings. The molecular formula is C35H48NO2+. The van der Waals surface area contributed by atoms with Crippen LogP contribution in [0.25, 0.3) is 6.20 Å². The maximum Gasteiger partial charge on any atom is 0.218 e. The number of carbonyl (C=O) groups is 1. The lowest BCUT2D eigenvalue weighted by molar-refractivity contribution is -0.106.